The number of aromatic amines is 1. The molecule has 3 heterocycles. The first-order chi connectivity index (χ1) is 13.5. The number of alkyl halides is 2. The molecule has 2 aliphatic heterocycles. The van der Waals surface area contributed by atoms with Crippen LogP contribution >= 0.6 is 11.6 Å². The van der Waals surface area contributed by atoms with Gasteiger partial charge in [-0.25, -0.2) is 5.43 Å². The maximum atomic E-state index is 12.7. The molecule has 28 heavy (non-hydrogen) atoms. The number of carbonyl (C=O) groups excluding carboxylic acids is 1. The Balaban J connectivity index is 1.63. The van der Waals surface area contributed by atoms with Crippen molar-refractivity contribution in [3.63, 3.8) is 0 Å². The molecule has 2 aliphatic rings. The predicted molar refractivity (Wildman–Crippen MR) is 98.8 cm³/mol. The third-order valence-electron chi connectivity index (χ3n) is 4.00. The number of halogens is 3. The number of hydrogen-bond donors (Lipinski definition) is 3. The maximum Gasteiger partial charge on any atom is 0.387 e. The van der Waals surface area contributed by atoms with Crippen LogP contribution in [-0.2, 0) is 4.79 Å². The smallest absolute Gasteiger partial charge is 0.387 e. The quantitative estimate of drug-likeness (QED) is 0.709. The Morgan fingerprint density at radius 3 is 3.07 bits per heavy atom. The summed E-state index contributed by atoms with van der Waals surface area (Å²) in [4.78, 5) is 16.8. The molecule has 1 aromatic heterocycles. The van der Waals surface area contributed by atoms with E-state index in [0.29, 0.717) is 11.6 Å². The van der Waals surface area contributed by atoms with Crippen molar-refractivity contribution in [1.82, 2.24) is 20.6 Å². The molecule has 0 saturated heterocycles. The molecule has 1 amide bonds. The summed E-state index contributed by atoms with van der Waals surface area (Å²) >= 11 is 6.00. The molecule has 0 atom stereocenters. The van der Waals surface area contributed by atoms with Gasteiger partial charge in [0.1, 0.15) is 17.1 Å². The molecule has 4 rings (SSSR count). The van der Waals surface area contributed by atoms with Crippen LogP contribution in [0, 0.1) is 0 Å². The van der Waals surface area contributed by atoms with E-state index in [-0.39, 0.29) is 28.4 Å². The summed E-state index contributed by atoms with van der Waals surface area (Å²) in [5.74, 6) is -0.576. The Kier molecular flexibility index (Phi) is 4.80. The molecule has 0 bridgehead atoms. The lowest BCUT2D eigenvalue weighted by Gasteiger charge is -2.24. The highest BCUT2D eigenvalue weighted by molar-refractivity contribution is 6.31. The van der Waals surface area contributed by atoms with Crippen LogP contribution in [0.2, 0.25) is 5.02 Å². The van der Waals surface area contributed by atoms with Crippen molar-refractivity contribution in [1.29, 1.82) is 0 Å². The number of nitrogens with one attached hydrogen (secondary N) is 3. The van der Waals surface area contributed by atoms with Crippen molar-refractivity contribution >= 4 is 29.4 Å². The van der Waals surface area contributed by atoms with Gasteiger partial charge in [-0.2, -0.15) is 13.9 Å². The first-order valence-electron chi connectivity index (χ1n) is 8.10. The minimum atomic E-state index is -3.02. The number of H-pyrrole nitrogens is 1. The Morgan fingerprint density at radius 1 is 1.39 bits per heavy atom. The number of fused-ring (bicyclic) bond motifs is 1. The summed E-state index contributed by atoms with van der Waals surface area (Å²) in [6.07, 6.45) is 6.35. The fourth-order valence-electron chi connectivity index (χ4n) is 2.82. The van der Waals surface area contributed by atoms with Crippen molar-refractivity contribution in [3.8, 4) is 17.0 Å². The molecular weight excluding hydrogens is 394 g/mol. The summed E-state index contributed by atoms with van der Waals surface area (Å²) in [5, 5.41) is 11.3. The van der Waals surface area contributed by atoms with E-state index in [1.54, 1.807) is 11.2 Å². The number of aliphatic imine (C=N–C) groups is 1. The second kappa shape index (κ2) is 7.41. The number of hydrazine groups is 1. The molecule has 11 heteroatoms. The number of amides is 1. The molecule has 0 saturated carbocycles. The van der Waals surface area contributed by atoms with E-state index >= 15 is 0 Å². The highest BCUT2D eigenvalue weighted by atomic mass is 35.5. The normalized spacial score (nSPS) is 15.4. The van der Waals surface area contributed by atoms with Crippen molar-refractivity contribution in [2.75, 3.05) is 11.9 Å². The third-order valence-corrected chi connectivity index (χ3v) is 4.23. The lowest BCUT2D eigenvalue weighted by molar-refractivity contribution is -0.114. The van der Waals surface area contributed by atoms with E-state index in [0.717, 1.165) is 5.70 Å². The summed E-state index contributed by atoms with van der Waals surface area (Å²) < 4.78 is 30.0. The summed E-state index contributed by atoms with van der Waals surface area (Å²) in [6, 6.07) is 4.16. The van der Waals surface area contributed by atoms with Gasteiger partial charge in [-0.1, -0.05) is 11.6 Å². The molecular formula is C17H13ClF2N6O2. The third kappa shape index (κ3) is 3.47. The number of nitrogens with zero attached hydrogens (tertiary/aromatic N) is 3. The highest BCUT2D eigenvalue weighted by Crippen LogP contribution is 2.36. The summed E-state index contributed by atoms with van der Waals surface area (Å²) in [5.41, 5.74) is 4.74. The van der Waals surface area contributed by atoms with Crippen LogP contribution in [0.5, 0.6) is 5.75 Å². The molecule has 0 radical (unpaired) electrons. The maximum absolute atomic E-state index is 12.7. The molecule has 0 aliphatic carbocycles. The zero-order chi connectivity index (χ0) is 19.7. The average Bonchev–Trinajstić information content (AvgIpc) is 3.31. The molecule has 3 N–H and O–H groups in total. The van der Waals surface area contributed by atoms with Crippen LogP contribution in [0.4, 0.5) is 14.5 Å². The van der Waals surface area contributed by atoms with Crippen molar-refractivity contribution < 1.29 is 18.3 Å². The van der Waals surface area contributed by atoms with Crippen molar-refractivity contribution in [2.45, 2.75) is 6.61 Å². The number of carbonyl (C=O) groups is 1. The van der Waals surface area contributed by atoms with E-state index < -0.39 is 12.5 Å². The second-order valence-electron chi connectivity index (χ2n) is 5.74. The van der Waals surface area contributed by atoms with Gasteiger partial charge in [-0.3, -0.25) is 19.9 Å². The van der Waals surface area contributed by atoms with Crippen LogP contribution in [-0.4, -0.2) is 40.5 Å². The van der Waals surface area contributed by atoms with Gasteiger partial charge in [0, 0.05) is 23.3 Å². The van der Waals surface area contributed by atoms with E-state index in [1.807, 2.05) is 6.08 Å². The first kappa shape index (κ1) is 18.1. The summed E-state index contributed by atoms with van der Waals surface area (Å²) in [7, 11) is 0. The average molecular weight is 407 g/mol. The molecule has 1 aromatic carbocycles. The van der Waals surface area contributed by atoms with E-state index in [4.69, 9.17) is 11.6 Å². The minimum Gasteiger partial charge on any atom is -0.434 e. The molecule has 0 spiro atoms. The predicted octanol–water partition coefficient (Wildman–Crippen LogP) is 2.90. The first-order valence-corrected chi connectivity index (χ1v) is 8.47. The number of aromatic nitrogens is 2. The molecule has 144 valence electrons. The SMILES string of the molecule is O=C(Nc1c[nH]nc1-c1cc(Cl)ccc1OC(F)F)C1=CN=CC2=CCNN21. The van der Waals surface area contributed by atoms with Crippen LogP contribution in [0.25, 0.3) is 11.3 Å². The Bertz CT molecular complexity index is 1020. The molecule has 8 nitrogen and oxygen atoms in total. The monoisotopic (exact) mass is 406 g/mol. The van der Waals surface area contributed by atoms with Crippen LogP contribution in [0.15, 0.2) is 53.1 Å². The lowest BCUT2D eigenvalue weighted by atomic mass is 10.1. The molecule has 2 aromatic rings. The van der Waals surface area contributed by atoms with E-state index in [9.17, 15) is 13.6 Å². The van der Waals surface area contributed by atoms with Crippen LogP contribution in [0.1, 0.15) is 0 Å². The second-order valence-corrected chi connectivity index (χ2v) is 6.18. The van der Waals surface area contributed by atoms with E-state index in [2.05, 4.69) is 30.7 Å². The topological polar surface area (TPSA) is 94.6 Å². The lowest BCUT2D eigenvalue weighted by Crippen LogP contribution is -2.38. The standard InChI is InChI=1S/C17H13ClF2N6O2/c18-9-1-2-14(28-17(19)20)11(5-9)15-12(7-22-25-15)24-16(27)13-8-21-6-10-3-4-23-26(10)13/h1-3,5-8,17,23H,4H2,(H,22,25)(H,24,27). The van der Waals surface area contributed by atoms with Gasteiger partial charge in [-0.15, -0.1) is 0 Å². The summed E-state index contributed by atoms with van der Waals surface area (Å²) in [6.45, 7) is -2.45. The number of anilines is 1. The van der Waals surface area contributed by atoms with Crippen LogP contribution in [0.3, 0.4) is 0 Å². The Hall–Kier alpha value is -3.24. The fourth-order valence-corrected chi connectivity index (χ4v) is 3.00. The highest BCUT2D eigenvalue weighted by Gasteiger charge is 2.27. The Labute approximate surface area is 162 Å². The van der Waals surface area contributed by atoms with E-state index in [1.165, 1.54) is 30.6 Å². The fraction of sp³-hybridized carbons (Fsp3) is 0.118. The van der Waals surface area contributed by atoms with Gasteiger partial charge in [0.15, 0.2) is 0 Å². The zero-order valence-corrected chi connectivity index (χ0v) is 14.9. The molecule has 0 fully saturated rings. The number of hydrogen-bond acceptors (Lipinski definition) is 6. The minimum absolute atomic E-state index is 0.116. The largest absolute Gasteiger partial charge is 0.434 e. The van der Waals surface area contributed by atoms with Crippen molar-refractivity contribution in [2.24, 2.45) is 4.99 Å². The Morgan fingerprint density at radius 2 is 2.25 bits per heavy atom. The number of allylic oxidation sites excluding steroid dienone is 1. The van der Waals surface area contributed by atoms with Gasteiger partial charge >= 0.3 is 6.61 Å². The number of ether oxygens (including phenoxy) is 1. The van der Waals surface area contributed by atoms with Gasteiger partial charge in [0.25, 0.3) is 5.91 Å². The van der Waals surface area contributed by atoms with Crippen LogP contribution < -0.4 is 15.5 Å². The van der Waals surface area contributed by atoms with Gasteiger partial charge in [0.2, 0.25) is 0 Å². The van der Waals surface area contributed by atoms with Gasteiger partial charge in [0.05, 0.1) is 23.8 Å². The molecule has 0 unspecified atom stereocenters. The van der Waals surface area contributed by atoms with Gasteiger partial charge in [-0.05, 0) is 24.3 Å². The number of rotatable bonds is 5. The number of benzene rings is 1. The van der Waals surface area contributed by atoms with Gasteiger partial charge < -0.3 is 10.1 Å². The zero-order valence-electron chi connectivity index (χ0n) is 14.1. The van der Waals surface area contributed by atoms with Crippen molar-refractivity contribution in [3.05, 3.63) is 53.1 Å².